The van der Waals surface area contributed by atoms with Gasteiger partial charge < -0.3 is 15.3 Å². The Morgan fingerprint density at radius 1 is 1.50 bits per heavy atom. The van der Waals surface area contributed by atoms with E-state index in [0.29, 0.717) is 23.2 Å². The summed E-state index contributed by atoms with van der Waals surface area (Å²) in [5.41, 5.74) is 7.16. The number of benzene rings is 1. The van der Waals surface area contributed by atoms with Gasteiger partial charge in [0.1, 0.15) is 6.29 Å². The van der Waals surface area contributed by atoms with Gasteiger partial charge in [0.15, 0.2) is 0 Å². The van der Waals surface area contributed by atoms with E-state index in [1.165, 1.54) is 7.11 Å². The maximum atomic E-state index is 11.4. The first-order valence-electron chi connectivity index (χ1n) is 4.77. The molecule has 0 aliphatic carbocycles. The van der Waals surface area contributed by atoms with Gasteiger partial charge in [-0.25, -0.2) is 4.79 Å². The lowest BCUT2D eigenvalue weighted by molar-refractivity contribution is -0.107. The predicted octanol–water partition coefficient (Wildman–Crippen LogP) is 1.66. The fourth-order valence-corrected chi connectivity index (χ4v) is 1.26. The van der Waals surface area contributed by atoms with Gasteiger partial charge in [-0.1, -0.05) is 18.2 Å². The molecule has 0 atom stereocenters. The third-order valence-corrected chi connectivity index (χ3v) is 2.01. The van der Waals surface area contributed by atoms with E-state index in [9.17, 15) is 9.59 Å². The number of carbonyl (C=O) groups excluding carboxylic acids is 2. The van der Waals surface area contributed by atoms with Crippen LogP contribution in [0.25, 0.3) is 6.08 Å². The summed E-state index contributed by atoms with van der Waals surface area (Å²) in [5, 5.41) is 0. The maximum absolute atomic E-state index is 11.4. The number of methoxy groups -OCH3 is 1. The number of nitrogen functional groups attached to an aromatic ring is 1. The molecule has 0 saturated carbocycles. The number of aldehydes is 1. The second-order valence-electron chi connectivity index (χ2n) is 3.14. The van der Waals surface area contributed by atoms with Crippen molar-refractivity contribution in [1.29, 1.82) is 0 Å². The fourth-order valence-electron chi connectivity index (χ4n) is 1.26. The highest BCUT2D eigenvalue weighted by Crippen LogP contribution is 2.16. The van der Waals surface area contributed by atoms with E-state index in [0.717, 1.165) is 6.29 Å². The molecule has 0 fully saturated rings. The van der Waals surface area contributed by atoms with Crippen LogP contribution in [0.2, 0.25) is 0 Å². The third-order valence-electron chi connectivity index (χ3n) is 2.01. The molecule has 0 saturated heterocycles. The van der Waals surface area contributed by atoms with E-state index >= 15 is 0 Å². The molecule has 0 unspecified atom stereocenters. The molecule has 4 nitrogen and oxygen atoms in total. The molecule has 2 N–H and O–H groups in total. The van der Waals surface area contributed by atoms with Crippen LogP contribution in [0.15, 0.2) is 24.3 Å². The first kappa shape index (κ1) is 12.0. The standard InChI is InChI=1S/C12H13NO3/c1-16-12(15)11-8-10(13)6-5-9(11)4-2-3-7-14/h2,4-8H,3,13H2,1H3. The summed E-state index contributed by atoms with van der Waals surface area (Å²) in [7, 11) is 1.31. The lowest BCUT2D eigenvalue weighted by Gasteiger charge is -2.04. The molecule has 0 aliphatic rings. The van der Waals surface area contributed by atoms with Gasteiger partial charge in [-0.15, -0.1) is 0 Å². The van der Waals surface area contributed by atoms with E-state index < -0.39 is 5.97 Å². The highest BCUT2D eigenvalue weighted by atomic mass is 16.5. The number of ether oxygens (including phenoxy) is 1. The SMILES string of the molecule is COC(=O)c1cc(N)ccc1C=CCC=O. The number of nitrogens with two attached hydrogens (primary N) is 1. The van der Waals surface area contributed by atoms with Crippen LogP contribution in [0, 0.1) is 0 Å². The molecule has 0 amide bonds. The molecule has 0 aromatic heterocycles. The largest absolute Gasteiger partial charge is 0.465 e. The van der Waals surface area contributed by atoms with Crippen molar-refractivity contribution in [3.8, 4) is 0 Å². The summed E-state index contributed by atoms with van der Waals surface area (Å²) < 4.78 is 4.64. The zero-order valence-electron chi connectivity index (χ0n) is 8.97. The Morgan fingerprint density at radius 2 is 2.25 bits per heavy atom. The highest BCUT2D eigenvalue weighted by Gasteiger charge is 2.09. The lowest BCUT2D eigenvalue weighted by Crippen LogP contribution is -2.04. The third kappa shape index (κ3) is 2.95. The fraction of sp³-hybridized carbons (Fsp3) is 0.167. The van der Waals surface area contributed by atoms with Crippen LogP contribution in [0.4, 0.5) is 5.69 Å². The van der Waals surface area contributed by atoms with Crippen molar-refractivity contribution in [1.82, 2.24) is 0 Å². The van der Waals surface area contributed by atoms with Crippen molar-refractivity contribution in [2.45, 2.75) is 6.42 Å². The molecule has 4 heteroatoms. The van der Waals surface area contributed by atoms with Crippen molar-refractivity contribution in [3.05, 3.63) is 35.4 Å². The summed E-state index contributed by atoms with van der Waals surface area (Å²) in [5.74, 6) is -0.446. The van der Waals surface area contributed by atoms with Crippen LogP contribution in [-0.4, -0.2) is 19.4 Å². The molecule has 0 bridgehead atoms. The molecule has 84 valence electrons. The van der Waals surface area contributed by atoms with E-state index in [2.05, 4.69) is 4.74 Å². The normalized spacial score (nSPS) is 10.3. The minimum Gasteiger partial charge on any atom is -0.465 e. The molecule has 0 radical (unpaired) electrons. The van der Waals surface area contributed by atoms with Crippen LogP contribution in [-0.2, 0) is 9.53 Å². The number of carbonyl (C=O) groups is 2. The van der Waals surface area contributed by atoms with Crippen molar-refractivity contribution in [2.24, 2.45) is 0 Å². The van der Waals surface area contributed by atoms with Crippen molar-refractivity contribution in [2.75, 3.05) is 12.8 Å². The minimum atomic E-state index is -0.446. The quantitative estimate of drug-likeness (QED) is 0.475. The van der Waals surface area contributed by atoms with E-state index in [1.807, 2.05) is 0 Å². The molecule has 1 aromatic rings. The molecule has 0 heterocycles. The summed E-state index contributed by atoms with van der Waals surface area (Å²) in [6, 6.07) is 4.95. The van der Waals surface area contributed by atoms with Crippen LogP contribution in [0.5, 0.6) is 0 Å². The topological polar surface area (TPSA) is 69.4 Å². The average molecular weight is 219 g/mol. The van der Waals surface area contributed by atoms with Gasteiger partial charge in [0.25, 0.3) is 0 Å². The number of hydrogen-bond donors (Lipinski definition) is 1. The molecule has 0 aliphatic heterocycles. The average Bonchev–Trinajstić information content (AvgIpc) is 2.30. The van der Waals surface area contributed by atoms with Gasteiger partial charge in [0.05, 0.1) is 12.7 Å². The van der Waals surface area contributed by atoms with Crippen LogP contribution >= 0.6 is 0 Å². The summed E-state index contributed by atoms with van der Waals surface area (Å²) in [6.45, 7) is 0. The molecular formula is C12H13NO3. The highest BCUT2D eigenvalue weighted by molar-refractivity contribution is 5.94. The Morgan fingerprint density at radius 3 is 2.88 bits per heavy atom. The summed E-state index contributed by atoms with van der Waals surface area (Å²) in [4.78, 5) is 21.6. The number of rotatable bonds is 4. The van der Waals surface area contributed by atoms with Crippen molar-refractivity contribution >= 4 is 24.0 Å². The number of allylic oxidation sites excluding steroid dienone is 1. The van der Waals surface area contributed by atoms with Crippen LogP contribution < -0.4 is 5.73 Å². The van der Waals surface area contributed by atoms with Gasteiger partial charge >= 0.3 is 5.97 Å². The number of anilines is 1. The van der Waals surface area contributed by atoms with Gasteiger partial charge in [-0.05, 0) is 17.7 Å². The number of hydrogen-bond acceptors (Lipinski definition) is 4. The van der Waals surface area contributed by atoms with Crippen molar-refractivity contribution < 1.29 is 14.3 Å². The van der Waals surface area contributed by atoms with E-state index in [4.69, 9.17) is 5.73 Å². The van der Waals surface area contributed by atoms with Gasteiger partial charge in [-0.3, -0.25) is 0 Å². The smallest absolute Gasteiger partial charge is 0.338 e. The molecular weight excluding hydrogens is 206 g/mol. The monoisotopic (exact) mass is 219 g/mol. The Bertz CT molecular complexity index is 424. The zero-order valence-corrected chi connectivity index (χ0v) is 8.97. The lowest BCUT2D eigenvalue weighted by atomic mass is 10.1. The predicted molar refractivity (Wildman–Crippen MR) is 61.9 cm³/mol. The number of esters is 1. The zero-order chi connectivity index (χ0) is 12.0. The van der Waals surface area contributed by atoms with Gasteiger partial charge in [-0.2, -0.15) is 0 Å². The summed E-state index contributed by atoms with van der Waals surface area (Å²) >= 11 is 0. The molecule has 16 heavy (non-hydrogen) atoms. The minimum absolute atomic E-state index is 0.311. The van der Waals surface area contributed by atoms with Crippen LogP contribution in [0.1, 0.15) is 22.3 Å². The molecule has 1 rings (SSSR count). The van der Waals surface area contributed by atoms with Gasteiger partial charge in [0, 0.05) is 12.1 Å². The molecule has 1 aromatic carbocycles. The Kier molecular flexibility index (Phi) is 4.27. The van der Waals surface area contributed by atoms with Crippen molar-refractivity contribution in [3.63, 3.8) is 0 Å². The van der Waals surface area contributed by atoms with Gasteiger partial charge in [0.2, 0.25) is 0 Å². The second-order valence-corrected chi connectivity index (χ2v) is 3.14. The van der Waals surface area contributed by atoms with E-state index in [-0.39, 0.29) is 0 Å². The Balaban J connectivity index is 3.07. The molecule has 0 spiro atoms. The Hall–Kier alpha value is -2.10. The maximum Gasteiger partial charge on any atom is 0.338 e. The first-order valence-corrected chi connectivity index (χ1v) is 4.77. The first-order chi connectivity index (χ1) is 7.69. The van der Waals surface area contributed by atoms with E-state index in [1.54, 1.807) is 30.4 Å². The summed E-state index contributed by atoms with van der Waals surface area (Å²) in [6.07, 6.45) is 4.46. The van der Waals surface area contributed by atoms with Crippen LogP contribution in [0.3, 0.4) is 0 Å². The Labute approximate surface area is 93.7 Å². The second kappa shape index (κ2) is 5.70.